The van der Waals surface area contributed by atoms with Gasteiger partial charge in [-0.05, 0) is 42.7 Å². The summed E-state index contributed by atoms with van der Waals surface area (Å²) in [5.74, 6) is 1.61. The zero-order chi connectivity index (χ0) is 18.8. The fraction of sp³-hybridized carbons (Fsp3) is 0.381. The van der Waals surface area contributed by atoms with Crippen molar-refractivity contribution < 1.29 is 14.3 Å². The molecule has 2 aromatic carbocycles. The van der Waals surface area contributed by atoms with Gasteiger partial charge in [0, 0.05) is 24.2 Å². The number of benzene rings is 2. The molecule has 142 valence electrons. The van der Waals surface area contributed by atoms with Crippen LogP contribution in [0.15, 0.2) is 42.5 Å². The molecule has 1 saturated heterocycles. The highest BCUT2D eigenvalue weighted by Crippen LogP contribution is 2.33. The topological polar surface area (TPSA) is 50.8 Å². The maximum atomic E-state index is 12.7. The molecule has 6 heteroatoms. The summed E-state index contributed by atoms with van der Waals surface area (Å²) in [5.41, 5.74) is 2.07. The minimum absolute atomic E-state index is 0.0643. The number of para-hydroxylation sites is 1. The number of carbonyl (C=O) groups excluding carboxylic acids is 1. The van der Waals surface area contributed by atoms with Gasteiger partial charge in [0.1, 0.15) is 18.1 Å². The molecule has 1 N–H and O–H groups in total. The van der Waals surface area contributed by atoms with Gasteiger partial charge in [-0.25, -0.2) is 0 Å². The minimum Gasteiger partial charge on any atom is -0.495 e. The zero-order valence-corrected chi connectivity index (χ0v) is 16.0. The smallest absolute Gasteiger partial charge is 0.227 e. The summed E-state index contributed by atoms with van der Waals surface area (Å²) in [7, 11) is 1.66. The Balaban J connectivity index is 1.38. The highest BCUT2D eigenvalue weighted by atomic mass is 35.5. The lowest BCUT2D eigenvalue weighted by atomic mass is 9.96. The second-order valence-electron chi connectivity index (χ2n) is 7.08. The normalized spacial score (nSPS) is 21.3. The molecule has 0 aromatic heterocycles. The van der Waals surface area contributed by atoms with Gasteiger partial charge in [-0.15, -0.1) is 0 Å². The number of carbonyl (C=O) groups is 1. The van der Waals surface area contributed by atoms with Crippen molar-refractivity contribution in [3.63, 3.8) is 0 Å². The Kier molecular flexibility index (Phi) is 5.12. The van der Waals surface area contributed by atoms with Crippen molar-refractivity contribution in [1.29, 1.82) is 0 Å². The van der Waals surface area contributed by atoms with E-state index in [0.717, 1.165) is 48.7 Å². The number of anilines is 1. The Morgan fingerprint density at radius 3 is 3.00 bits per heavy atom. The number of rotatable bonds is 4. The number of nitrogens with zero attached hydrogens (tertiary/aromatic N) is 1. The van der Waals surface area contributed by atoms with Crippen molar-refractivity contribution >= 4 is 23.2 Å². The molecule has 27 heavy (non-hydrogen) atoms. The van der Waals surface area contributed by atoms with Crippen LogP contribution in [0.1, 0.15) is 12.0 Å². The summed E-state index contributed by atoms with van der Waals surface area (Å²) in [6.45, 7) is 2.03. The third-order valence-corrected chi connectivity index (χ3v) is 5.50. The van der Waals surface area contributed by atoms with Crippen LogP contribution in [0.5, 0.6) is 11.5 Å². The van der Waals surface area contributed by atoms with Crippen LogP contribution in [0.25, 0.3) is 0 Å². The molecular formula is C21H23ClN2O3. The molecule has 0 radical (unpaired) electrons. The van der Waals surface area contributed by atoms with Gasteiger partial charge in [0.2, 0.25) is 5.91 Å². The van der Waals surface area contributed by atoms with E-state index in [4.69, 9.17) is 21.1 Å². The van der Waals surface area contributed by atoms with Crippen LogP contribution in [0.4, 0.5) is 5.69 Å². The van der Waals surface area contributed by atoms with Crippen molar-refractivity contribution in [3.8, 4) is 11.5 Å². The maximum Gasteiger partial charge on any atom is 0.227 e. The zero-order valence-electron chi connectivity index (χ0n) is 15.3. The van der Waals surface area contributed by atoms with Crippen molar-refractivity contribution in [2.75, 3.05) is 31.7 Å². The molecular weight excluding hydrogens is 364 g/mol. The van der Waals surface area contributed by atoms with E-state index in [1.807, 2.05) is 42.5 Å². The first kappa shape index (κ1) is 18.0. The SMILES string of the molecule is COc1ccc(Cl)cc1N1CCC(NC(=O)C2COc3ccccc3C2)C1. The van der Waals surface area contributed by atoms with Crippen LogP contribution in [-0.4, -0.2) is 38.8 Å². The van der Waals surface area contributed by atoms with Crippen LogP contribution in [-0.2, 0) is 11.2 Å². The lowest BCUT2D eigenvalue weighted by molar-refractivity contribution is -0.126. The van der Waals surface area contributed by atoms with Gasteiger partial charge in [0.05, 0.1) is 18.7 Å². The number of halogens is 1. The second-order valence-corrected chi connectivity index (χ2v) is 7.51. The third kappa shape index (κ3) is 3.83. The van der Waals surface area contributed by atoms with Crippen molar-refractivity contribution in [2.24, 2.45) is 5.92 Å². The van der Waals surface area contributed by atoms with E-state index in [-0.39, 0.29) is 17.9 Å². The van der Waals surface area contributed by atoms with E-state index in [0.29, 0.717) is 11.6 Å². The van der Waals surface area contributed by atoms with Gasteiger partial charge < -0.3 is 19.7 Å². The van der Waals surface area contributed by atoms with Crippen molar-refractivity contribution in [1.82, 2.24) is 5.32 Å². The summed E-state index contributed by atoms with van der Waals surface area (Å²) in [6.07, 6.45) is 1.62. The minimum atomic E-state index is -0.144. The van der Waals surface area contributed by atoms with Gasteiger partial charge in [0.25, 0.3) is 0 Å². The average Bonchev–Trinajstić information content (AvgIpc) is 3.16. The largest absolute Gasteiger partial charge is 0.495 e. The quantitative estimate of drug-likeness (QED) is 0.876. The van der Waals surface area contributed by atoms with E-state index < -0.39 is 0 Å². The Hall–Kier alpha value is -2.40. The van der Waals surface area contributed by atoms with Crippen molar-refractivity contribution in [3.05, 3.63) is 53.1 Å². The predicted molar refractivity (Wildman–Crippen MR) is 106 cm³/mol. The highest BCUT2D eigenvalue weighted by molar-refractivity contribution is 6.30. The summed E-state index contributed by atoms with van der Waals surface area (Å²) < 4.78 is 11.2. The molecule has 2 heterocycles. The van der Waals surface area contributed by atoms with E-state index in [2.05, 4.69) is 10.2 Å². The van der Waals surface area contributed by atoms with Crippen LogP contribution in [0, 0.1) is 5.92 Å². The molecule has 5 nitrogen and oxygen atoms in total. The van der Waals surface area contributed by atoms with E-state index in [9.17, 15) is 4.79 Å². The molecule has 4 rings (SSSR count). The summed E-state index contributed by atoms with van der Waals surface area (Å²) in [5, 5.41) is 3.87. The first-order valence-corrected chi connectivity index (χ1v) is 9.61. The first-order chi connectivity index (χ1) is 13.1. The van der Waals surface area contributed by atoms with Gasteiger partial charge in [-0.2, -0.15) is 0 Å². The van der Waals surface area contributed by atoms with Crippen LogP contribution in [0.3, 0.4) is 0 Å². The lowest BCUT2D eigenvalue weighted by Crippen LogP contribution is -2.43. The van der Waals surface area contributed by atoms with Crippen molar-refractivity contribution in [2.45, 2.75) is 18.9 Å². The number of hydrogen-bond acceptors (Lipinski definition) is 4. The van der Waals surface area contributed by atoms with E-state index in [1.165, 1.54) is 0 Å². The Labute approximate surface area is 164 Å². The Morgan fingerprint density at radius 2 is 2.15 bits per heavy atom. The molecule has 0 spiro atoms. The van der Waals surface area contributed by atoms with Gasteiger partial charge in [-0.1, -0.05) is 29.8 Å². The van der Waals surface area contributed by atoms with Gasteiger partial charge in [-0.3, -0.25) is 4.79 Å². The fourth-order valence-corrected chi connectivity index (χ4v) is 3.99. The second kappa shape index (κ2) is 7.69. The molecule has 2 unspecified atom stereocenters. The standard InChI is InChI=1S/C21H23ClN2O3/c1-26-20-7-6-16(22)11-18(20)24-9-8-17(12-24)23-21(25)15-10-14-4-2-3-5-19(14)27-13-15/h2-7,11,15,17H,8-10,12-13H2,1H3,(H,23,25). The molecule has 0 saturated carbocycles. The molecule has 0 bridgehead atoms. The molecule has 2 atom stereocenters. The van der Waals surface area contributed by atoms with Crippen LogP contribution in [0.2, 0.25) is 5.02 Å². The van der Waals surface area contributed by atoms with Crippen LogP contribution < -0.4 is 19.7 Å². The lowest BCUT2D eigenvalue weighted by Gasteiger charge is -2.26. The third-order valence-electron chi connectivity index (χ3n) is 5.27. The monoisotopic (exact) mass is 386 g/mol. The molecule has 1 fully saturated rings. The summed E-state index contributed by atoms with van der Waals surface area (Å²) >= 11 is 6.15. The fourth-order valence-electron chi connectivity index (χ4n) is 3.82. The number of hydrogen-bond donors (Lipinski definition) is 1. The molecule has 2 aliphatic heterocycles. The number of ether oxygens (including phenoxy) is 2. The average molecular weight is 387 g/mol. The first-order valence-electron chi connectivity index (χ1n) is 9.23. The molecule has 1 amide bonds. The van der Waals surface area contributed by atoms with Crippen LogP contribution >= 0.6 is 11.6 Å². The van der Waals surface area contributed by atoms with E-state index in [1.54, 1.807) is 7.11 Å². The molecule has 0 aliphatic carbocycles. The van der Waals surface area contributed by atoms with Gasteiger partial charge >= 0.3 is 0 Å². The highest BCUT2D eigenvalue weighted by Gasteiger charge is 2.30. The molecule has 2 aliphatic rings. The number of nitrogens with one attached hydrogen (secondary N) is 1. The van der Waals surface area contributed by atoms with Gasteiger partial charge in [0.15, 0.2) is 0 Å². The Bertz CT molecular complexity index is 842. The number of fused-ring (bicyclic) bond motifs is 1. The van der Waals surface area contributed by atoms with E-state index >= 15 is 0 Å². The number of amides is 1. The maximum absolute atomic E-state index is 12.7. The summed E-state index contributed by atoms with van der Waals surface area (Å²) in [6, 6.07) is 13.6. The Morgan fingerprint density at radius 1 is 1.30 bits per heavy atom. The predicted octanol–water partition coefficient (Wildman–Crippen LogP) is 3.29. The number of methoxy groups -OCH3 is 1. The summed E-state index contributed by atoms with van der Waals surface area (Å²) in [4.78, 5) is 14.9. The molecule has 2 aromatic rings.